The van der Waals surface area contributed by atoms with Crippen LogP contribution in [0.4, 0.5) is 11.6 Å². The van der Waals surface area contributed by atoms with Gasteiger partial charge in [0.15, 0.2) is 5.65 Å². The van der Waals surface area contributed by atoms with Gasteiger partial charge in [0.1, 0.15) is 5.75 Å². The van der Waals surface area contributed by atoms with Crippen molar-refractivity contribution in [3.05, 3.63) is 35.7 Å². The molecular formula is C21H26N6O. The zero-order valence-corrected chi connectivity index (χ0v) is 16.6. The minimum atomic E-state index is 0.570. The second-order valence-electron chi connectivity index (χ2n) is 8.21. The van der Waals surface area contributed by atoms with Gasteiger partial charge in [0.25, 0.3) is 0 Å². The number of hydrogen-bond donors (Lipinski definition) is 1. The first-order valence-electron chi connectivity index (χ1n) is 9.94. The maximum absolute atomic E-state index is 5.63. The molecule has 2 aromatic heterocycles. The third-order valence-electron chi connectivity index (χ3n) is 6.03. The molecule has 7 heteroatoms. The molecule has 1 N–H and O–H groups in total. The van der Waals surface area contributed by atoms with Gasteiger partial charge in [-0.2, -0.15) is 10.1 Å². The maximum Gasteiger partial charge on any atom is 0.229 e. The van der Waals surface area contributed by atoms with Gasteiger partial charge in [0.05, 0.1) is 24.4 Å². The first kappa shape index (κ1) is 17.4. The van der Waals surface area contributed by atoms with E-state index in [2.05, 4.69) is 46.4 Å². The highest BCUT2D eigenvalue weighted by Gasteiger charge is 2.33. The van der Waals surface area contributed by atoms with E-state index in [0.29, 0.717) is 11.9 Å². The molecule has 3 heterocycles. The van der Waals surface area contributed by atoms with Gasteiger partial charge in [0, 0.05) is 25.8 Å². The molecule has 0 bridgehead atoms. The number of hydrogen-bond acceptors (Lipinski definition) is 6. The number of methoxy groups -OCH3 is 1. The summed E-state index contributed by atoms with van der Waals surface area (Å²) in [5.41, 5.74) is 4.46. The van der Waals surface area contributed by atoms with Crippen LogP contribution in [0.3, 0.4) is 0 Å². The van der Waals surface area contributed by atoms with E-state index >= 15 is 0 Å². The number of nitrogens with zero attached hydrogens (tertiary/aromatic N) is 5. The van der Waals surface area contributed by atoms with Gasteiger partial charge in [-0.25, -0.2) is 9.67 Å². The molecule has 3 aromatic rings. The van der Waals surface area contributed by atoms with Crippen molar-refractivity contribution in [1.82, 2.24) is 24.6 Å². The molecule has 7 nitrogen and oxygen atoms in total. The number of anilines is 2. The Bertz CT molecular complexity index is 1030. The Hall–Kier alpha value is -2.67. The molecule has 1 aliphatic carbocycles. The Labute approximate surface area is 164 Å². The lowest BCUT2D eigenvalue weighted by Crippen LogP contribution is -2.26. The summed E-state index contributed by atoms with van der Waals surface area (Å²) in [7, 11) is 3.86. The van der Waals surface area contributed by atoms with Crippen LogP contribution in [0.2, 0.25) is 0 Å². The van der Waals surface area contributed by atoms with Gasteiger partial charge in [0.2, 0.25) is 5.95 Å². The van der Waals surface area contributed by atoms with Gasteiger partial charge < -0.3 is 15.0 Å². The highest BCUT2D eigenvalue weighted by molar-refractivity contribution is 5.76. The van der Waals surface area contributed by atoms with Crippen molar-refractivity contribution < 1.29 is 4.74 Å². The number of aromatic nitrogens is 4. The molecule has 0 saturated heterocycles. The number of fused-ring (bicyclic) bond motifs is 2. The molecule has 2 aliphatic rings. The fourth-order valence-electron chi connectivity index (χ4n) is 4.05. The van der Waals surface area contributed by atoms with E-state index in [-0.39, 0.29) is 0 Å². The molecule has 0 radical (unpaired) electrons. The fraction of sp³-hybridized carbons (Fsp3) is 0.476. The molecule has 0 unspecified atom stereocenters. The van der Waals surface area contributed by atoms with E-state index in [1.807, 2.05) is 17.1 Å². The summed E-state index contributed by atoms with van der Waals surface area (Å²) in [6.45, 7) is 5.24. The Kier molecular flexibility index (Phi) is 4.19. The van der Waals surface area contributed by atoms with Crippen molar-refractivity contribution in [2.24, 2.45) is 11.8 Å². The van der Waals surface area contributed by atoms with Crippen molar-refractivity contribution in [1.29, 1.82) is 0 Å². The largest absolute Gasteiger partial charge is 0.495 e. The fourth-order valence-corrected chi connectivity index (χ4v) is 4.05. The molecule has 1 aromatic carbocycles. The summed E-state index contributed by atoms with van der Waals surface area (Å²) < 4.78 is 7.64. The van der Waals surface area contributed by atoms with Crippen LogP contribution in [-0.2, 0) is 19.5 Å². The van der Waals surface area contributed by atoms with Crippen molar-refractivity contribution in [3.8, 4) is 5.75 Å². The minimum absolute atomic E-state index is 0.570. The van der Waals surface area contributed by atoms with Crippen LogP contribution < -0.4 is 10.1 Å². The van der Waals surface area contributed by atoms with Crippen LogP contribution in [0.25, 0.3) is 11.0 Å². The molecule has 1 aliphatic heterocycles. The maximum atomic E-state index is 5.63. The molecule has 2 atom stereocenters. The number of ether oxygens (including phenoxy) is 1. The predicted octanol–water partition coefficient (Wildman–Crippen LogP) is 3.22. The lowest BCUT2D eigenvalue weighted by atomic mass is 9.99. The van der Waals surface area contributed by atoms with Crippen molar-refractivity contribution in [2.75, 3.05) is 26.0 Å². The van der Waals surface area contributed by atoms with Crippen LogP contribution in [0.1, 0.15) is 24.5 Å². The SMILES string of the molecule is COc1cc2c(cc1Nc1ncc3cnn(C[C@H]4C[C@H]4C)c3n1)CN(C)CC2. The molecule has 1 fully saturated rings. The lowest BCUT2D eigenvalue weighted by molar-refractivity contribution is 0.312. The van der Waals surface area contributed by atoms with Gasteiger partial charge in [-0.05, 0) is 55.0 Å². The van der Waals surface area contributed by atoms with Crippen LogP contribution in [0.5, 0.6) is 5.75 Å². The van der Waals surface area contributed by atoms with Crippen molar-refractivity contribution in [3.63, 3.8) is 0 Å². The molecule has 1 saturated carbocycles. The Morgan fingerprint density at radius 3 is 2.89 bits per heavy atom. The molecule has 0 spiro atoms. The highest BCUT2D eigenvalue weighted by atomic mass is 16.5. The monoisotopic (exact) mass is 378 g/mol. The lowest BCUT2D eigenvalue weighted by Gasteiger charge is -2.26. The molecule has 28 heavy (non-hydrogen) atoms. The second-order valence-corrected chi connectivity index (χ2v) is 8.21. The van der Waals surface area contributed by atoms with E-state index < -0.39 is 0 Å². The van der Waals surface area contributed by atoms with Gasteiger partial charge in [-0.1, -0.05) is 6.92 Å². The third-order valence-corrected chi connectivity index (χ3v) is 6.03. The molecule has 0 amide bonds. The predicted molar refractivity (Wildman–Crippen MR) is 109 cm³/mol. The van der Waals surface area contributed by atoms with Crippen LogP contribution in [0, 0.1) is 11.8 Å². The van der Waals surface area contributed by atoms with Crippen molar-refractivity contribution in [2.45, 2.75) is 32.9 Å². The number of benzene rings is 1. The quantitative estimate of drug-likeness (QED) is 0.735. The Balaban J connectivity index is 1.46. The van der Waals surface area contributed by atoms with E-state index in [4.69, 9.17) is 9.72 Å². The second kappa shape index (κ2) is 6.74. The molecular weight excluding hydrogens is 352 g/mol. The first-order valence-corrected chi connectivity index (χ1v) is 9.94. The molecule has 146 valence electrons. The Morgan fingerprint density at radius 2 is 2.11 bits per heavy atom. The number of nitrogens with one attached hydrogen (secondary N) is 1. The topological polar surface area (TPSA) is 68.1 Å². The number of rotatable bonds is 5. The smallest absolute Gasteiger partial charge is 0.229 e. The van der Waals surface area contributed by atoms with Crippen LogP contribution in [-0.4, -0.2) is 45.4 Å². The normalized spacial score (nSPS) is 21.5. The average molecular weight is 378 g/mol. The zero-order valence-electron chi connectivity index (χ0n) is 16.6. The van der Waals surface area contributed by atoms with Gasteiger partial charge in [-0.15, -0.1) is 0 Å². The van der Waals surface area contributed by atoms with Gasteiger partial charge in [-0.3, -0.25) is 0 Å². The first-order chi connectivity index (χ1) is 13.6. The molecule has 5 rings (SSSR count). The zero-order chi connectivity index (χ0) is 19.3. The van der Waals surface area contributed by atoms with E-state index in [0.717, 1.165) is 54.4 Å². The van der Waals surface area contributed by atoms with Crippen molar-refractivity contribution >= 4 is 22.7 Å². The van der Waals surface area contributed by atoms with E-state index in [1.54, 1.807) is 7.11 Å². The van der Waals surface area contributed by atoms with Crippen LogP contribution >= 0.6 is 0 Å². The number of likely N-dealkylation sites (N-methyl/N-ethyl adjacent to an activating group) is 1. The summed E-state index contributed by atoms with van der Waals surface area (Å²) in [5.74, 6) is 2.90. The van der Waals surface area contributed by atoms with Crippen LogP contribution in [0.15, 0.2) is 24.5 Å². The third kappa shape index (κ3) is 3.20. The Morgan fingerprint density at radius 1 is 1.25 bits per heavy atom. The average Bonchev–Trinajstić information content (AvgIpc) is 3.24. The van der Waals surface area contributed by atoms with Gasteiger partial charge >= 0.3 is 0 Å². The standard InChI is InChI=1S/C21H26N6O/c1-13-6-15(13)12-27-20-17(10-23-27)9-22-21(25-20)24-18-7-16-11-26(2)5-4-14(16)8-19(18)28-3/h7-10,13,15H,4-6,11-12H2,1-3H3,(H,22,24,25)/t13-,15-/m1/s1. The summed E-state index contributed by atoms with van der Waals surface area (Å²) in [6, 6.07) is 4.31. The minimum Gasteiger partial charge on any atom is -0.495 e. The summed E-state index contributed by atoms with van der Waals surface area (Å²) >= 11 is 0. The highest BCUT2D eigenvalue weighted by Crippen LogP contribution is 2.39. The summed E-state index contributed by atoms with van der Waals surface area (Å²) in [4.78, 5) is 11.6. The van der Waals surface area contributed by atoms with E-state index in [9.17, 15) is 0 Å². The van der Waals surface area contributed by atoms with E-state index in [1.165, 1.54) is 17.5 Å². The summed E-state index contributed by atoms with van der Waals surface area (Å²) in [5, 5.41) is 8.85. The summed E-state index contributed by atoms with van der Waals surface area (Å²) in [6.07, 6.45) is 6.01.